The Kier molecular flexibility index (Phi) is 6.80. The van der Waals surface area contributed by atoms with E-state index in [1.165, 1.54) is 0 Å². The SMILES string of the molecule is COC1CCC(C(=O)N2CCC[C@@H](c3cc(N(C)C)nc(-c4cccnc4)n3)C2)CC1. The van der Waals surface area contributed by atoms with Crippen molar-refractivity contribution in [3.63, 3.8) is 0 Å². The van der Waals surface area contributed by atoms with Gasteiger partial charge in [-0.1, -0.05) is 0 Å². The summed E-state index contributed by atoms with van der Waals surface area (Å²) in [6.45, 7) is 1.58. The number of carbonyl (C=O) groups excluding carboxylic acids is 1. The van der Waals surface area contributed by atoms with Crippen LogP contribution < -0.4 is 4.90 Å². The number of anilines is 1. The van der Waals surface area contributed by atoms with Crippen molar-refractivity contribution in [3.05, 3.63) is 36.3 Å². The van der Waals surface area contributed by atoms with Crippen molar-refractivity contribution in [1.82, 2.24) is 19.9 Å². The molecule has 1 aliphatic carbocycles. The van der Waals surface area contributed by atoms with Gasteiger partial charge in [-0.15, -0.1) is 0 Å². The van der Waals surface area contributed by atoms with E-state index in [-0.39, 0.29) is 11.8 Å². The van der Waals surface area contributed by atoms with Crippen molar-refractivity contribution in [3.8, 4) is 11.4 Å². The molecule has 1 saturated carbocycles. The first kappa shape index (κ1) is 21.7. The Balaban J connectivity index is 1.52. The van der Waals surface area contributed by atoms with Crippen LogP contribution in [0.25, 0.3) is 11.4 Å². The predicted octanol–water partition coefficient (Wildman–Crippen LogP) is 3.52. The molecule has 0 unspecified atom stereocenters. The van der Waals surface area contributed by atoms with Crippen molar-refractivity contribution in [1.29, 1.82) is 0 Å². The van der Waals surface area contributed by atoms with Gasteiger partial charge in [0.25, 0.3) is 0 Å². The highest BCUT2D eigenvalue weighted by Crippen LogP contribution is 2.32. The van der Waals surface area contributed by atoms with E-state index in [0.29, 0.717) is 17.8 Å². The summed E-state index contributed by atoms with van der Waals surface area (Å²) in [5.74, 6) is 2.25. The first-order valence-corrected chi connectivity index (χ1v) is 11.3. The van der Waals surface area contributed by atoms with Gasteiger partial charge in [-0.3, -0.25) is 9.78 Å². The maximum atomic E-state index is 13.2. The second kappa shape index (κ2) is 9.73. The zero-order valence-electron chi connectivity index (χ0n) is 18.8. The number of carbonyl (C=O) groups is 1. The Morgan fingerprint density at radius 2 is 1.97 bits per heavy atom. The van der Waals surface area contributed by atoms with Gasteiger partial charge in [0.15, 0.2) is 5.82 Å². The molecule has 0 aromatic carbocycles. The van der Waals surface area contributed by atoms with Crippen LogP contribution in [0, 0.1) is 5.92 Å². The second-order valence-electron chi connectivity index (χ2n) is 8.94. The standard InChI is InChI=1S/C24H33N5O2/c1-28(2)22-14-21(26-23(27-22)18-6-4-12-25-15-18)19-7-5-13-29(16-19)24(30)17-8-10-20(31-3)11-9-17/h4,6,12,14-15,17,19-20H,5,7-11,13,16H2,1-3H3/t17?,19-,20?/m1/s1. The quantitative estimate of drug-likeness (QED) is 0.733. The van der Waals surface area contributed by atoms with Gasteiger partial charge in [-0.05, 0) is 50.7 Å². The molecule has 2 fully saturated rings. The van der Waals surface area contributed by atoms with Crippen molar-refractivity contribution < 1.29 is 9.53 Å². The Morgan fingerprint density at radius 3 is 2.65 bits per heavy atom. The number of aromatic nitrogens is 3. The first-order chi connectivity index (χ1) is 15.0. The molecular formula is C24H33N5O2. The number of hydrogen-bond donors (Lipinski definition) is 0. The smallest absolute Gasteiger partial charge is 0.225 e. The van der Waals surface area contributed by atoms with Crippen LogP contribution in [-0.4, -0.2) is 66.2 Å². The molecule has 4 rings (SSSR count). The van der Waals surface area contributed by atoms with Crippen molar-refractivity contribution >= 4 is 11.7 Å². The minimum absolute atomic E-state index is 0.138. The van der Waals surface area contributed by atoms with E-state index >= 15 is 0 Å². The monoisotopic (exact) mass is 423 g/mol. The highest BCUT2D eigenvalue weighted by Gasteiger charge is 2.33. The van der Waals surface area contributed by atoms with E-state index in [4.69, 9.17) is 14.7 Å². The van der Waals surface area contributed by atoms with Crippen molar-refractivity contribution in [2.24, 2.45) is 5.92 Å². The van der Waals surface area contributed by atoms with E-state index in [1.807, 2.05) is 31.1 Å². The van der Waals surface area contributed by atoms with Gasteiger partial charge in [0.05, 0.1) is 11.8 Å². The average molecular weight is 424 g/mol. The molecule has 0 spiro atoms. The summed E-state index contributed by atoms with van der Waals surface area (Å²) < 4.78 is 5.47. The third-order valence-electron chi connectivity index (χ3n) is 6.62. The molecule has 0 N–H and O–H groups in total. The number of piperidine rings is 1. The summed E-state index contributed by atoms with van der Waals surface area (Å²) in [4.78, 5) is 31.2. The molecule has 3 heterocycles. The molecule has 2 aromatic rings. The van der Waals surface area contributed by atoms with Crippen LogP contribution in [0.5, 0.6) is 0 Å². The summed E-state index contributed by atoms with van der Waals surface area (Å²) >= 11 is 0. The van der Waals surface area contributed by atoms with Gasteiger partial charge in [0.1, 0.15) is 5.82 Å². The number of hydrogen-bond acceptors (Lipinski definition) is 6. The first-order valence-electron chi connectivity index (χ1n) is 11.3. The third-order valence-corrected chi connectivity index (χ3v) is 6.62. The molecule has 7 nitrogen and oxygen atoms in total. The molecule has 1 aliphatic heterocycles. The van der Waals surface area contributed by atoms with Gasteiger partial charge < -0.3 is 14.5 Å². The zero-order valence-corrected chi connectivity index (χ0v) is 18.8. The largest absolute Gasteiger partial charge is 0.381 e. The van der Waals surface area contributed by atoms with E-state index in [1.54, 1.807) is 19.5 Å². The highest BCUT2D eigenvalue weighted by molar-refractivity contribution is 5.79. The number of nitrogens with zero attached hydrogens (tertiary/aromatic N) is 5. The zero-order chi connectivity index (χ0) is 21.8. The number of likely N-dealkylation sites (tertiary alicyclic amines) is 1. The lowest BCUT2D eigenvalue weighted by molar-refractivity contribution is -0.138. The Labute approximate surface area is 184 Å². The van der Waals surface area contributed by atoms with Crippen molar-refractivity contribution in [2.75, 3.05) is 39.2 Å². The fourth-order valence-corrected chi connectivity index (χ4v) is 4.74. The van der Waals surface area contributed by atoms with E-state index in [2.05, 4.69) is 16.0 Å². The number of pyridine rings is 1. The summed E-state index contributed by atoms with van der Waals surface area (Å²) in [6.07, 6.45) is 9.74. The molecule has 166 valence electrons. The Morgan fingerprint density at radius 1 is 1.16 bits per heavy atom. The van der Waals surface area contributed by atoms with E-state index < -0.39 is 0 Å². The number of amides is 1. The molecule has 31 heavy (non-hydrogen) atoms. The number of methoxy groups -OCH3 is 1. The molecule has 1 saturated heterocycles. The lowest BCUT2D eigenvalue weighted by atomic mass is 9.85. The Hall–Kier alpha value is -2.54. The molecule has 1 amide bonds. The second-order valence-corrected chi connectivity index (χ2v) is 8.94. The van der Waals surface area contributed by atoms with Gasteiger partial charge in [-0.25, -0.2) is 9.97 Å². The minimum atomic E-state index is 0.138. The fraction of sp³-hybridized carbons (Fsp3) is 0.583. The lowest BCUT2D eigenvalue weighted by Gasteiger charge is -2.36. The van der Waals surface area contributed by atoms with Gasteiger partial charge in [0, 0.05) is 70.2 Å². The molecule has 1 atom stereocenters. The predicted molar refractivity (Wildman–Crippen MR) is 121 cm³/mol. The Bertz CT molecular complexity index is 881. The molecule has 2 aliphatic rings. The van der Waals surface area contributed by atoms with Gasteiger partial charge in [0.2, 0.25) is 5.91 Å². The third kappa shape index (κ3) is 5.03. The minimum Gasteiger partial charge on any atom is -0.381 e. The van der Waals surface area contributed by atoms with Crippen LogP contribution >= 0.6 is 0 Å². The van der Waals surface area contributed by atoms with Crippen LogP contribution in [-0.2, 0) is 9.53 Å². The van der Waals surface area contributed by atoms with E-state index in [9.17, 15) is 4.79 Å². The van der Waals surface area contributed by atoms with Crippen LogP contribution in [0.2, 0.25) is 0 Å². The number of ether oxygens (including phenoxy) is 1. The van der Waals surface area contributed by atoms with Crippen LogP contribution in [0.4, 0.5) is 5.82 Å². The molecule has 7 heteroatoms. The molecule has 0 radical (unpaired) electrons. The summed E-state index contributed by atoms with van der Waals surface area (Å²) in [6, 6.07) is 5.96. The highest BCUT2D eigenvalue weighted by atomic mass is 16.5. The summed E-state index contributed by atoms with van der Waals surface area (Å²) in [7, 11) is 5.75. The normalized spacial score (nSPS) is 24.1. The van der Waals surface area contributed by atoms with Gasteiger partial charge in [-0.2, -0.15) is 0 Å². The summed E-state index contributed by atoms with van der Waals surface area (Å²) in [5, 5.41) is 0. The maximum absolute atomic E-state index is 13.2. The fourth-order valence-electron chi connectivity index (χ4n) is 4.74. The van der Waals surface area contributed by atoms with Crippen LogP contribution in [0.1, 0.15) is 50.1 Å². The van der Waals surface area contributed by atoms with Gasteiger partial charge >= 0.3 is 0 Å². The maximum Gasteiger partial charge on any atom is 0.225 e. The number of rotatable bonds is 5. The van der Waals surface area contributed by atoms with Crippen LogP contribution in [0.15, 0.2) is 30.6 Å². The topological polar surface area (TPSA) is 71.5 Å². The summed E-state index contributed by atoms with van der Waals surface area (Å²) in [5.41, 5.74) is 1.92. The average Bonchev–Trinajstić information content (AvgIpc) is 2.84. The van der Waals surface area contributed by atoms with E-state index in [0.717, 1.165) is 68.7 Å². The van der Waals surface area contributed by atoms with Crippen molar-refractivity contribution in [2.45, 2.75) is 50.5 Å². The lowest BCUT2D eigenvalue weighted by Crippen LogP contribution is -2.43. The molecular weight excluding hydrogens is 390 g/mol. The van der Waals surface area contributed by atoms with Crippen LogP contribution in [0.3, 0.4) is 0 Å². The molecule has 2 aromatic heterocycles. The molecule has 0 bridgehead atoms.